The number of rotatable bonds is 11. The lowest BCUT2D eigenvalue weighted by Crippen LogP contribution is -2.26. The Balaban J connectivity index is 1.55. The first-order valence-electron chi connectivity index (χ1n) is 11.5. The smallest absolute Gasteiger partial charge is 0.346 e. The van der Waals surface area contributed by atoms with Gasteiger partial charge in [-0.25, -0.2) is 9.48 Å². The topological polar surface area (TPSA) is 104 Å². The highest BCUT2D eigenvalue weighted by Gasteiger charge is 2.23. The molecule has 0 aliphatic rings. The van der Waals surface area contributed by atoms with E-state index in [1.165, 1.54) is 0 Å². The lowest BCUT2D eigenvalue weighted by Gasteiger charge is -2.18. The predicted molar refractivity (Wildman–Crippen MR) is 129 cm³/mol. The van der Waals surface area contributed by atoms with Gasteiger partial charge in [0.25, 0.3) is 0 Å². The summed E-state index contributed by atoms with van der Waals surface area (Å²) < 4.78 is 9.56. The van der Waals surface area contributed by atoms with E-state index < -0.39 is 6.10 Å². The molecule has 0 spiro atoms. The largest absolute Gasteiger partial charge is 0.477 e. The summed E-state index contributed by atoms with van der Waals surface area (Å²) in [6, 6.07) is 15.0. The average molecular weight is 482 g/mol. The molecule has 2 aromatic carbocycles. The van der Waals surface area contributed by atoms with Gasteiger partial charge in [-0.3, -0.25) is 4.57 Å². The summed E-state index contributed by atoms with van der Waals surface area (Å²) in [5.41, 5.74) is 1.66. The molecule has 9 nitrogen and oxygen atoms in total. The quantitative estimate of drug-likeness (QED) is 0.344. The number of aromatic amines is 1. The number of tetrazole rings is 1. The first-order valence-corrected chi connectivity index (χ1v) is 11.9. The highest BCUT2D eigenvalue weighted by Crippen LogP contribution is 2.30. The molecule has 0 radical (unpaired) electrons. The van der Waals surface area contributed by atoms with Gasteiger partial charge < -0.3 is 4.74 Å². The number of H-pyrrole nitrogens is 1. The minimum atomic E-state index is -0.617. The molecular weight excluding hydrogens is 454 g/mol. The van der Waals surface area contributed by atoms with Gasteiger partial charge >= 0.3 is 5.69 Å². The molecule has 0 saturated carbocycles. The van der Waals surface area contributed by atoms with Gasteiger partial charge in [-0.05, 0) is 36.6 Å². The van der Waals surface area contributed by atoms with Crippen LogP contribution in [0.5, 0.6) is 5.75 Å². The van der Waals surface area contributed by atoms with Crippen LogP contribution in [0, 0.1) is 0 Å². The fourth-order valence-corrected chi connectivity index (χ4v) is 3.96. The van der Waals surface area contributed by atoms with Crippen molar-refractivity contribution in [3.63, 3.8) is 0 Å². The van der Waals surface area contributed by atoms with Crippen molar-refractivity contribution < 1.29 is 4.74 Å². The summed E-state index contributed by atoms with van der Waals surface area (Å²) in [5, 5.41) is 19.4. The third-order valence-corrected chi connectivity index (χ3v) is 5.84. The van der Waals surface area contributed by atoms with Crippen molar-refractivity contribution in [2.45, 2.75) is 58.7 Å². The summed E-state index contributed by atoms with van der Waals surface area (Å²) in [4.78, 5) is 12.9. The van der Waals surface area contributed by atoms with Gasteiger partial charge in [-0.1, -0.05) is 67.4 Å². The van der Waals surface area contributed by atoms with Crippen LogP contribution in [0.25, 0.3) is 0 Å². The molecule has 1 unspecified atom stereocenters. The molecule has 4 aromatic rings. The average Bonchev–Trinajstić information content (AvgIpc) is 3.48. The number of nitrogens with zero attached hydrogens (tertiary/aromatic N) is 6. The standard InChI is InChI=1S/C24H28ClN7O2/c1-3-5-15-32-24(33)31(21(28-32)8-4-2)16-17-11-13-18(14-12-17)34-22(23-26-29-30-27-23)19-9-6-7-10-20(19)25/h6-7,9-14,22H,3-5,8,15-16H2,1-2H3,(H,26,27,29,30). The first kappa shape index (κ1) is 23.7. The molecule has 0 bridgehead atoms. The number of aromatic nitrogens is 7. The Morgan fingerprint density at radius 2 is 1.88 bits per heavy atom. The van der Waals surface area contributed by atoms with Gasteiger partial charge in [0, 0.05) is 23.6 Å². The zero-order chi connectivity index (χ0) is 23.9. The summed E-state index contributed by atoms with van der Waals surface area (Å²) in [6.45, 7) is 5.30. The summed E-state index contributed by atoms with van der Waals surface area (Å²) in [5.74, 6) is 1.82. The van der Waals surface area contributed by atoms with Crippen LogP contribution >= 0.6 is 11.6 Å². The maximum absolute atomic E-state index is 12.9. The fraction of sp³-hybridized carbons (Fsp3) is 0.375. The van der Waals surface area contributed by atoms with Crippen molar-refractivity contribution in [1.29, 1.82) is 0 Å². The Morgan fingerprint density at radius 3 is 2.56 bits per heavy atom. The lowest BCUT2D eigenvalue weighted by molar-refractivity contribution is 0.237. The van der Waals surface area contributed by atoms with Crippen LogP contribution in [0.15, 0.2) is 53.3 Å². The monoisotopic (exact) mass is 481 g/mol. The van der Waals surface area contributed by atoms with Gasteiger partial charge in [-0.2, -0.15) is 10.3 Å². The van der Waals surface area contributed by atoms with Crippen molar-refractivity contribution in [2.24, 2.45) is 0 Å². The number of ether oxygens (including phenoxy) is 1. The maximum atomic E-state index is 12.9. The third-order valence-electron chi connectivity index (χ3n) is 5.50. The van der Waals surface area contributed by atoms with E-state index in [4.69, 9.17) is 16.3 Å². The van der Waals surface area contributed by atoms with E-state index in [9.17, 15) is 4.79 Å². The third kappa shape index (κ3) is 5.36. The molecule has 0 saturated heterocycles. The molecule has 4 rings (SSSR count). The van der Waals surface area contributed by atoms with Crippen LogP contribution in [0.1, 0.15) is 62.0 Å². The summed E-state index contributed by atoms with van der Waals surface area (Å²) in [7, 11) is 0. The van der Waals surface area contributed by atoms with Crippen molar-refractivity contribution in [2.75, 3.05) is 0 Å². The molecule has 0 aliphatic heterocycles. The summed E-state index contributed by atoms with van der Waals surface area (Å²) in [6.07, 6.45) is 3.02. The van der Waals surface area contributed by atoms with Crippen LogP contribution in [0.4, 0.5) is 0 Å². The van der Waals surface area contributed by atoms with Gasteiger partial charge in [0.05, 0.1) is 6.54 Å². The van der Waals surface area contributed by atoms with Gasteiger partial charge in [0.2, 0.25) is 5.82 Å². The van der Waals surface area contributed by atoms with E-state index in [1.54, 1.807) is 15.3 Å². The zero-order valence-electron chi connectivity index (χ0n) is 19.3. The van der Waals surface area contributed by atoms with E-state index in [1.807, 2.05) is 42.5 Å². The second kappa shape index (κ2) is 11.1. The van der Waals surface area contributed by atoms with Gasteiger partial charge in [0.1, 0.15) is 11.6 Å². The first-order chi connectivity index (χ1) is 16.6. The van der Waals surface area contributed by atoms with Gasteiger partial charge in [0.15, 0.2) is 6.10 Å². The van der Waals surface area contributed by atoms with Crippen LogP contribution in [-0.2, 0) is 19.5 Å². The number of unbranched alkanes of at least 4 members (excludes halogenated alkanes) is 1. The number of benzene rings is 2. The molecule has 0 amide bonds. The lowest BCUT2D eigenvalue weighted by atomic mass is 10.1. The predicted octanol–water partition coefficient (Wildman–Crippen LogP) is 4.18. The van der Waals surface area contributed by atoms with Crippen molar-refractivity contribution in [1.82, 2.24) is 35.0 Å². The Morgan fingerprint density at radius 1 is 1.09 bits per heavy atom. The molecule has 10 heteroatoms. The molecule has 2 heterocycles. The van der Waals surface area contributed by atoms with Crippen molar-refractivity contribution in [3.05, 3.63) is 86.8 Å². The molecule has 34 heavy (non-hydrogen) atoms. The van der Waals surface area contributed by atoms with E-state index >= 15 is 0 Å². The number of nitrogens with one attached hydrogen (secondary N) is 1. The molecule has 2 aromatic heterocycles. The van der Waals surface area contributed by atoms with E-state index in [-0.39, 0.29) is 5.69 Å². The SMILES string of the molecule is CCCCn1nc(CCC)n(Cc2ccc(OC(c3nn[nH]n3)c3ccccc3Cl)cc2)c1=O. The van der Waals surface area contributed by atoms with Crippen LogP contribution < -0.4 is 10.4 Å². The number of halogens is 1. The van der Waals surface area contributed by atoms with E-state index in [2.05, 4.69) is 39.6 Å². The normalized spacial score (nSPS) is 12.1. The number of aryl methyl sites for hydroxylation is 2. The molecule has 0 fully saturated rings. The Kier molecular flexibility index (Phi) is 7.74. The fourth-order valence-electron chi connectivity index (χ4n) is 3.72. The number of hydrogen-bond donors (Lipinski definition) is 1. The maximum Gasteiger partial charge on any atom is 0.346 e. The summed E-state index contributed by atoms with van der Waals surface area (Å²) >= 11 is 6.40. The molecule has 1 atom stereocenters. The zero-order valence-corrected chi connectivity index (χ0v) is 20.1. The highest BCUT2D eigenvalue weighted by atomic mass is 35.5. The van der Waals surface area contributed by atoms with E-state index in [0.29, 0.717) is 29.7 Å². The Bertz CT molecular complexity index is 1250. The minimum absolute atomic E-state index is 0.0619. The minimum Gasteiger partial charge on any atom is -0.477 e. The van der Waals surface area contributed by atoms with Gasteiger partial charge in [-0.15, -0.1) is 10.2 Å². The second-order valence-electron chi connectivity index (χ2n) is 8.04. The molecule has 178 valence electrons. The molecule has 0 aliphatic carbocycles. The molecule has 1 N–H and O–H groups in total. The Hall–Kier alpha value is -3.46. The van der Waals surface area contributed by atoms with Crippen LogP contribution in [0.2, 0.25) is 5.02 Å². The van der Waals surface area contributed by atoms with Crippen LogP contribution in [-0.4, -0.2) is 35.0 Å². The highest BCUT2D eigenvalue weighted by molar-refractivity contribution is 6.31. The van der Waals surface area contributed by atoms with Crippen molar-refractivity contribution in [3.8, 4) is 5.75 Å². The van der Waals surface area contributed by atoms with Crippen molar-refractivity contribution >= 4 is 11.6 Å². The molecular formula is C24H28ClN7O2. The van der Waals surface area contributed by atoms with Crippen LogP contribution in [0.3, 0.4) is 0 Å². The second-order valence-corrected chi connectivity index (χ2v) is 8.45. The van der Waals surface area contributed by atoms with E-state index in [0.717, 1.165) is 42.6 Å². The number of hydrogen-bond acceptors (Lipinski definition) is 6. The Labute approximate surface area is 202 Å².